The van der Waals surface area contributed by atoms with Gasteiger partial charge in [0.1, 0.15) is 0 Å². The Hall–Kier alpha value is -2.54. The number of nitrogens with one attached hydrogen (secondary N) is 1. The van der Waals surface area contributed by atoms with Crippen molar-refractivity contribution in [3.8, 4) is 11.5 Å². The third-order valence-corrected chi connectivity index (χ3v) is 3.97. The number of hydrogen-bond acceptors (Lipinski definition) is 5. The van der Waals surface area contributed by atoms with E-state index in [0.29, 0.717) is 18.0 Å². The minimum Gasteiger partial charge on any atom is -0.451 e. The van der Waals surface area contributed by atoms with Gasteiger partial charge in [-0.25, -0.2) is 4.79 Å². The summed E-state index contributed by atoms with van der Waals surface area (Å²) in [7, 11) is 0. The fourth-order valence-corrected chi connectivity index (χ4v) is 2.80. The third kappa shape index (κ3) is 4.11. The lowest BCUT2D eigenvalue weighted by atomic mass is 10.2. The quantitative estimate of drug-likeness (QED) is 0.524. The molecule has 1 aromatic heterocycles. The van der Waals surface area contributed by atoms with E-state index in [2.05, 4.69) is 10.4 Å². The SMILES string of the molecule is NNc1cc(Cl)c(Oc2cnc(=O)n(Cc3ccccc3)c2)c(Cl)c1. The molecule has 3 N–H and O–H groups in total. The van der Waals surface area contributed by atoms with Crippen molar-refractivity contribution in [2.45, 2.75) is 6.54 Å². The van der Waals surface area contributed by atoms with E-state index < -0.39 is 0 Å². The van der Waals surface area contributed by atoms with Crippen LogP contribution < -0.4 is 21.7 Å². The molecule has 1 heterocycles. The molecule has 25 heavy (non-hydrogen) atoms. The molecule has 0 unspecified atom stereocenters. The first-order chi connectivity index (χ1) is 12.1. The molecule has 0 saturated heterocycles. The van der Waals surface area contributed by atoms with Crippen molar-refractivity contribution in [2.24, 2.45) is 5.84 Å². The molecule has 2 aromatic carbocycles. The molecule has 6 nitrogen and oxygen atoms in total. The average Bonchev–Trinajstić information content (AvgIpc) is 2.61. The van der Waals surface area contributed by atoms with Crippen LogP contribution in [0.15, 0.2) is 59.7 Å². The Bertz CT molecular complexity index is 922. The van der Waals surface area contributed by atoms with Crippen molar-refractivity contribution >= 4 is 28.9 Å². The number of aromatic nitrogens is 2. The lowest BCUT2D eigenvalue weighted by Gasteiger charge is -2.12. The molecule has 0 radical (unpaired) electrons. The van der Waals surface area contributed by atoms with E-state index in [1.165, 1.54) is 10.8 Å². The van der Waals surface area contributed by atoms with E-state index in [1.54, 1.807) is 18.3 Å². The van der Waals surface area contributed by atoms with Crippen molar-refractivity contribution in [1.29, 1.82) is 0 Å². The summed E-state index contributed by atoms with van der Waals surface area (Å²) in [6.07, 6.45) is 2.88. The predicted molar refractivity (Wildman–Crippen MR) is 98.4 cm³/mol. The zero-order valence-electron chi connectivity index (χ0n) is 12.9. The van der Waals surface area contributed by atoms with Gasteiger partial charge in [0, 0.05) is 0 Å². The van der Waals surface area contributed by atoms with E-state index in [1.807, 2.05) is 30.3 Å². The van der Waals surface area contributed by atoms with Gasteiger partial charge in [-0.2, -0.15) is 4.98 Å². The second kappa shape index (κ2) is 7.57. The Morgan fingerprint density at radius 3 is 2.48 bits per heavy atom. The van der Waals surface area contributed by atoms with Crippen LogP contribution in [0, 0.1) is 0 Å². The number of ether oxygens (including phenoxy) is 1. The standard InChI is InChI=1S/C17H14Cl2N4O2/c18-14-6-12(22-20)7-15(19)16(14)25-13-8-21-17(24)23(10-13)9-11-4-2-1-3-5-11/h1-8,10,22H,9,20H2. The zero-order valence-corrected chi connectivity index (χ0v) is 14.5. The first-order valence-electron chi connectivity index (χ1n) is 7.31. The van der Waals surface area contributed by atoms with Gasteiger partial charge in [0.05, 0.1) is 34.7 Å². The van der Waals surface area contributed by atoms with Gasteiger partial charge < -0.3 is 10.2 Å². The van der Waals surface area contributed by atoms with Crippen LogP contribution in [0.1, 0.15) is 5.56 Å². The molecule has 8 heteroatoms. The highest BCUT2D eigenvalue weighted by Crippen LogP contribution is 2.38. The smallest absolute Gasteiger partial charge is 0.348 e. The first-order valence-corrected chi connectivity index (χ1v) is 8.06. The Morgan fingerprint density at radius 1 is 1.16 bits per heavy atom. The number of benzene rings is 2. The number of hydrogen-bond donors (Lipinski definition) is 2. The minimum atomic E-state index is -0.379. The molecule has 0 bridgehead atoms. The van der Waals surface area contributed by atoms with Crippen LogP contribution in [-0.4, -0.2) is 9.55 Å². The summed E-state index contributed by atoms with van der Waals surface area (Å²) in [4.78, 5) is 15.8. The van der Waals surface area contributed by atoms with Gasteiger partial charge in [0.15, 0.2) is 11.5 Å². The number of anilines is 1. The number of hydrazine groups is 1. The maximum Gasteiger partial charge on any atom is 0.348 e. The molecular weight excluding hydrogens is 363 g/mol. The predicted octanol–water partition coefficient (Wildman–Crippen LogP) is 3.68. The molecule has 0 atom stereocenters. The maximum absolute atomic E-state index is 12.0. The van der Waals surface area contributed by atoms with Gasteiger partial charge in [-0.15, -0.1) is 0 Å². The van der Waals surface area contributed by atoms with E-state index >= 15 is 0 Å². The average molecular weight is 377 g/mol. The van der Waals surface area contributed by atoms with E-state index in [-0.39, 0.29) is 21.5 Å². The Balaban J connectivity index is 1.89. The van der Waals surface area contributed by atoms with Crippen LogP contribution in [0.2, 0.25) is 10.0 Å². The van der Waals surface area contributed by atoms with Crippen LogP contribution in [0.25, 0.3) is 0 Å². The second-order valence-corrected chi connectivity index (χ2v) is 6.02. The Morgan fingerprint density at radius 2 is 1.84 bits per heavy atom. The Labute approximate surface area is 153 Å². The zero-order chi connectivity index (χ0) is 17.8. The molecule has 3 aromatic rings. The summed E-state index contributed by atoms with van der Waals surface area (Å²) in [6.45, 7) is 0.376. The summed E-state index contributed by atoms with van der Waals surface area (Å²) in [5, 5.41) is 0.558. The maximum atomic E-state index is 12.0. The molecule has 0 aliphatic heterocycles. The molecule has 0 amide bonds. The lowest BCUT2D eigenvalue weighted by molar-refractivity contribution is 0.470. The molecule has 0 aliphatic carbocycles. The van der Waals surface area contributed by atoms with E-state index in [4.69, 9.17) is 33.8 Å². The number of nitrogens with two attached hydrogens (primary N) is 1. The number of rotatable bonds is 5. The van der Waals surface area contributed by atoms with Gasteiger partial charge >= 0.3 is 5.69 Å². The van der Waals surface area contributed by atoms with Gasteiger partial charge in [0.2, 0.25) is 0 Å². The summed E-state index contributed by atoms with van der Waals surface area (Å²) in [6, 6.07) is 12.7. The normalized spacial score (nSPS) is 10.5. The second-order valence-electron chi connectivity index (χ2n) is 5.20. The number of nitrogen functional groups attached to an aromatic ring is 1. The van der Waals surface area contributed by atoms with Crippen LogP contribution in [0.5, 0.6) is 11.5 Å². The monoisotopic (exact) mass is 376 g/mol. The first kappa shape index (κ1) is 17.3. The highest BCUT2D eigenvalue weighted by atomic mass is 35.5. The molecule has 0 aliphatic rings. The summed E-state index contributed by atoms with van der Waals surface area (Å²) in [5.41, 5.74) is 3.60. The fraction of sp³-hybridized carbons (Fsp3) is 0.0588. The van der Waals surface area contributed by atoms with Crippen molar-refractivity contribution in [3.63, 3.8) is 0 Å². The van der Waals surface area contributed by atoms with Crippen molar-refractivity contribution < 1.29 is 4.74 Å². The molecule has 3 rings (SSSR count). The summed E-state index contributed by atoms with van der Waals surface area (Å²) < 4.78 is 7.16. The van der Waals surface area contributed by atoms with E-state index in [9.17, 15) is 4.79 Å². The topological polar surface area (TPSA) is 82.2 Å². The molecule has 0 fully saturated rings. The number of halogens is 2. The molecular formula is C17H14Cl2N4O2. The molecule has 0 saturated carbocycles. The minimum absolute atomic E-state index is 0.258. The van der Waals surface area contributed by atoms with Gasteiger partial charge in [-0.05, 0) is 17.7 Å². The van der Waals surface area contributed by atoms with Crippen molar-refractivity contribution in [1.82, 2.24) is 9.55 Å². The molecule has 0 spiro atoms. The van der Waals surface area contributed by atoms with E-state index in [0.717, 1.165) is 5.56 Å². The third-order valence-electron chi connectivity index (χ3n) is 3.41. The summed E-state index contributed by atoms with van der Waals surface area (Å²) >= 11 is 12.3. The lowest BCUT2D eigenvalue weighted by Crippen LogP contribution is -2.22. The number of nitrogens with zero attached hydrogens (tertiary/aromatic N) is 2. The van der Waals surface area contributed by atoms with Crippen molar-refractivity contribution in [3.05, 3.63) is 81.0 Å². The van der Waals surface area contributed by atoms with Crippen LogP contribution in [0.4, 0.5) is 5.69 Å². The highest BCUT2D eigenvalue weighted by Gasteiger charge is 2.12. The van der Waals surface area contributed by atoms with Crippen LogP contribution in [-0.2, 0) is 6.54 Å². The van der Waals surface area contributed by atoms with Crippen LogP contribution >= 0.6 is 23.2 Å². The largest absolute Gasteiger partial charge is 0.451 e. The van der Waals surface area contributed by atoms with Crippen LogP contribution in [0.3, 0.4) is 0 Å². The summed E-state index contributed by atoms with van der Waals surface area (Å²) in [5.74, 6) is 5.94. The van der Waals surface area contributed by atoms with Gasteiger partial charge in [-0.3, -0.25) is 10.4 Å². The Kier molecular flexibility index (Phi) is 5.23. The molecule has 128 valence electrons. The van der Waals surface area contributed by atoms with Crippen molar-refractivity contribution in [2.75, 3.05) is 5.43 Å². The van der Waals surface area contributed by atoms with Gasteiger partial charge in [0.25, 0.3) is 0 Å². The fourth-order valence-electron chi connectivity index (χ4n) is 2.24. The highest BCUT2D eigenvalue weighted by molar-refractivity contribution is 6.37. The van der Waals surface area contributed by atoms with Gasteiger partial charge in [-0.1, -0.05) is 53.5 Å².